The van der Waals surface area contributed by atoms with Crippen LogP contribution in [0.5, 0.6) is 0 Å². The molecule has 0 bridgehead atoms. The zero-order chi connectivity index (χ0) is 13.4. The molecule has 0 amide bonds. The summed E-state index contributed by atoms with van der Waals surface area (Å²) in [6, 6.07) is 2.27. The van der Waals surface area contributed by atoms with Crippen LogP contribution in [0, 0.1) is 5.92 Å². The molecular formula is C15H29N3. The van der Waals surface area contributed by atoms with Gasteiger partial charge in [-0.2, -0.15) is 5.10 Å². The first kappa shape index (κ1) is 15.2. The van der Waals surface area contributed by atoms with E-state index in [-0.39, 0.29) is 0 Å². The van der Waals surface area contributed by atoms with Gasteiger partial charge in [-0.05, 0) is 57.7 Å². The molecule has 1 N–H and O–H groups in total. The third-order valence-electron chi connectivity index (χ3n) is 3.39. The number of nitrogens with one attached hydrogen (secondary N) is 1. The maximum atomic E-state index is 4.60. The number of hydrogen-bond donors (Lipinski definition) is 1. The highest BCUT2D eigenvalue weighted by Gasteiger charge is 2.08. The highest BCUT2D eigenvalue weighted by Crippen LogP contribution is 2.12. The van der Waals surface area contributed by atoms with Gasteiger partial charge in [-0.1, -0.05) is 20.8 Å². The maximum Gasteiger partial charge on any atom is 0.0624 e. The van der Waals surface area contributed by atoms with Crippen molar-refractivity contribution in [2.45, 2.75) is 59.9 Å². The van der Waals surface area contributed by atoms with Gasteiger partial charge in [-0.15, -0.1) is 0 Å². The standard InChI is InChI=1S/C15H29N3/c1-5-10-16-12-13(4)8-9-15-11-14(6-2)17-18(15)7-3/h11,13,16H,5-10,12H2,1-4H3. The van der Waals surface area contributed by atoms with Crippen molar-refractivity contribution in [3.05, 3.63) is 17.5 Å². The van der Waals surface area contributed by atoms with E-state index < -0.39 is 0 Å². The molecule has 1 heterocycles. The summed E-state index contributed by atoms with van der Waals surface area (Å²) in [5.74, 6) is 0.738. The average Bonchev–Trinajstić information content (AvgIpc) is 2.79. The lowest BCUT2D eigenvalue weighted by Gasteiger charge is -2.12. The largest absolute Gasteiger partial charge is 0.316 e. The van der Waals surface area contributed by atoms with Gasteiger partial charge in [0.15, 0.2) is 0 Å². The van der Waals surface area contributed by atoms with Crippen LogP contribution in [0.4, 0.5) is 0 Å². The number of rotatable bonds is 9. The third kappa shape index (κ3) is 4.81. The molecule has 3 nitrogen and oxygen atoms in total. The summed E-state index contributed by atoms with van der Waals surface area (Å²) in [7, 11) is 0. The molecule has 1 rings (SSSR count). The van der Waals surface area contributed by atoms with Crippen molar-refractivity contribution in [2.24, 2.45) is 5.92 Å². The van der Waals surface area contributed by atoms with E-state index in [1.807, 2.05) is 0 Å². The lowest BCUT2D eigenvalue weighted by molar-refractivity contribution is 0.471. The predicted octanol–water partition coefficient (Wildman–Crippen LogP) is 3.03. The Bertz CT molecular complexity index is 330. The zero-order valence-corrected chi connectivity index (χ0v) is 12.5. The highest BCUT2D eigenvalue weighted by molar-refractivity contribution is 5.10. The normalized spacial score (nSPS) is 12.9. The highest BCUT2D eigenvalue weighted by atomic mass is 15.3. The van der Waals surface area contributed by atoms with Crippen molar-refractivity contribution < 1.29 is 0 Å². The van der Waals surface area contributed by atoms with E-state index in [4.69, 9.17) is 0 Å². The second-order valence-electron chi connectivity index (χ2n) is 5.14. The van der Waals surface area contributed by atoms with Crippen molar-refractivity contribution in [2.75, 3.05) is 13.1 Å². The second-order valence-corrected chi connectivity index (χ2v) is 5.14. The molecular weight excluding hydrogens is 222 g/mol. The van der Waals surface area contributed by atoms with Crippen LogP contribution in [0.1, 0.15) is 51.9 Å². The molecule has 0 aliphatic heterocycles. The van der Waals surface area contributed by atoms with Gasteiger partial charge in [0.1, 0.15) is 0 Å². The van der Waals surface area contributed by atoms with Crippen molar-refractivity contribution in [3.8, 4) is 0 Å². The molecule has 0 saturated heterocycles. The summed E-state index contributed by atoms with van der Waals surface area (Å²) in [4.78, 5) is 0. The fourth-order valence-electron chi connectivity index (χ4n) is 2.18. The van der Waals surface area contributed by atoms with Crippen LogP contribution in [0.15, 0.2) is 6.07 Å². The molecule has 0 aliphatic carbocycles. The number of nitrogens with zero attached hydrogens (tertiary/aromatic N) is 2. The number of hydrogen-bond acceptors (Lipinski definition) is 2. The molecule has 1 aromatic heterocycles. The summed E-state index contributed by atoms with van der Waals surface area (Å²) < 4.78 is 2.16. The fourth-order valence-corrected chi connectivity index (χ4v) is 2.18. The van der Waals surface area contributed by atoms with E-state index in [2.05, 4.69) is 48.9 Å². The lowest BCUT2D eigenvalue weighted by Crippen LogP contribution is -2.22. The molecule has 0 saturated carbocycles. The van der Waals surface area contributed by atoms with E-state index in [1.54, 1.807) is 0 Å². The minimum atomic E-state index is 0.738. The molecule has 0 aliphatic rings. The Kier molecular flexibility index (Phi) is 7.02. The van der Waals surface area contributed by atoms with Crippen LogP contribution < -0.4 is 5.32 Å². The Morgan fingerprint density at radius 2 is 2.11 bits per heavy atom. The van der Waals surface area contributed by atoms with E-state index in [1.165, 1.54) is 24.2 Å². The van der Waals surface area contributed by atoms with Gasteiger partial charge < -0.3 is 5.32 Å². The van der Waals surface area contributed by atoms with Crippen LogP contribution in [0.3, 0.4) is 0 Å². The molecule has 1 aromatic rings. The smallest absolute Gasteiger partial charge is 0.0624 e. The Hall–Kier alpha value is -0.830. The zero-order valence-electron chi connectivity index (χ0n) is 12.5. The number of aromatic nitrogens is 2. The first-order valence-corrected chi connectivity index (χ1v) is 7.47. The van der Waals surface area contributed by atoms with Crippen LogP contribution >= 0.6 is 0 Å². The molecule has 1 atom stereocenters. The van der Waals surface area contributed by atoms with E-state index in [0.717, 1.165) is 38.4 Å². The van der Waals surface area contributed by atoms with Gasteiger partial charge in [0.2, 0.25) is 0 Å². The fraction of sp³-hybridized carbons (Fsp3) is 0.800. The summed E-state index contributed by atoms with van der Waals surface area (Å²) in [5, 5.41) is 8.10. The van der Waals surface area contributed by atoms with E-state index >= 15 is 0 Å². The van der Waals surface area contributed by atoms with Crippen LogP contribution in [-0.2, 0) is 19.4 Å². The first-order chi connectivity index (χ1) is 8.71. The molecule has 104 valence electrons. The summed E-state index contributed by atoms with van der Waals surface area (Å²) in [5.41, 5.74) is 2.63. The van der Waals surface area contributed by atoms with Gasteiger partial charge in [-0.3, -0.25) is 4.68 Å². The molecule has 0 aromatic carbocycles. The van der Waals surface area contributed by atoms with Crippen LogP contribution in [0.2, 0.25) is 0 Å². The Balaban J connectivity index is 2.39. The van der Waals surface area contributed by atoms with Crippen molar-refractivity contribution in [3.63, 3.8) is 0 Å². The van der Waals surface area contributed by atoms with Crippen molar-refractivity contribution >= 4 is 0 Å². The van der Waals surface area contributed by atoms with Gasteiger partial charge in [-0.25, -0.2) is 0 Å². The van der Waals surface area contributed by atoms with Crippen LogP contribution in [-0.4, -0.2) is 22.9 Å². The average molecular weight is 251 g/mol. The minimum Gasteiger partial charge on any atom is -0.316 e. The second kappa shape index (κ2) is 8.30. The molecule has 18 heavy (non-hydrogen) atoms. The topological polar surface area (TPSA) is 29.9 Å². The predicted molar refractivity (Wildman–Crippen MR) is 77.9 cm³/mol. The van der Waals surface area contributed by atoms with Crippen molar-refractivity contribution in [1.29, 1.82) is 0 Å². The van der Waals surface area contributed by atoms with Crippen LogP contribution in [0.25, 0.3) is 0 Å². The lowest BCUT2D eigenvalue weighted by atomic mass is 10.0. The summed E-state index contributed by atoms with van der Waals surface area (Å²) in [6.07, 6.45) is 4.64. The van der Waals surface area contributed by atoms with Gasteiger partial charge in [0, 0.05) is 12.2 Å². The quantitative estimate of drug-likeness (QED) is 0.684. The van der Waals surface area contributed by atoms with E-state index in [0.29, 0.717) is 0 Å². The molecule has 0 fully saturated rings. The minimum absolute atomic E-state index is 0.738. The molecule has 1 unspecified atom stereocenters. The third-order valence-corrected chi connectivity index (χ3v) is 3.39. The summed E-state index contributed by atoms with van der Waals surface area (Å²) in [6.45, 7) is 12.1. The maximum absolute atomic E-state index is 4.60. The van der Waals surface area contributed by atoms with E-state index in [9.17, 15) is 0 Å². The Morgan fingerprint density at radius 1 is 1.33 bits per heavy atom. The molecule has 0 radical (unpaired) electrons. The molecule has 0 spiro atoms. The van der Waals surface area contributed by atoms with Gasteiger partial charge >= 0.3 is 0 Å². The SMILES string of the molecule is CCCNCC(C)CCc1cc(CC)nn1CC. The molecule has 3 heteroatoms. The number of aryl methyl sites for hydroxylation is 3. The van der Waals surface area contributed by atoms with Crippen molar-refractivity contribution in [1.82, 2.24) is 15.1 Å². The van der Waals surface area contributed by atoms with Gasteiger partial charge in [0.05, 0.1) is 5.69 Å². The Morgan fingerprint density at radius 3 is 2.72 bits per heavy atom. The first-order valence-electron chi connectivity index (χ1n) is 7.47. The Labute approximate surface area is 112 Å². The summed E-state index contributed by atoms with van der Waals surface area (Å²) >= 11 is 0. The van der Waals surface area contributed by atoms with Gasteiger partial charge in [0.25, 0.3) is 0 Å². The monoisotopic (exact) mass is 251 g/mol.